The van der Waals surface area contributed by atoms with Crippen LogP contribution in [0.3, 0.4) is 0 Å². The lowest BCUT2D eigenvalue weighted by Crippen LogP contribution is -2.04. The third-order valence-electron chi connectivity index (χ3n) is 2.77. The SMILES string of the molecule is Cn1ccc2c(CC(=O)O)c(CO)ccc21. The Morgan fingerprint density at radius 2 is 2.12 bits per heavy atom. The molecule has 2 aromatic rings. The Kier molecular flexibility index (Phi) is 2.66. The summed E-state index contributed by atoms with van der Waals surface area (Å²) in [7, 11) is 1.91. The number of carboxylic acid groups (broad SMARTS) is 1. The van der Waals surface area contributed by atoms with Crippen LogP contribution in [-0.2, 0) is 24.9 Å². The molecule has 4 nitrogen and oxygen atoms in total. The van der Waals surface area contributed by atoms with Gasteiger partial charge in [0.25, 0.3) is 0 Å². The van der Waals surface area contributed by atoms with Crippen molar-refractivity contribution in [2.45, 2.75) is 13.0 Å². The van der Waals surface area contributed by atoms with Crippen molar-refractivity contribution in [3.8, 4) is 0 Å². The maximum Gasteiger partial charge on any atom is 0.307 e. The summed E-state index contributed by atoms with van der Waals surface area (Å²) in [6.45, 7) is -0.132. The molecule has 0 atom stereocenters. The highest BCUT2D eigenvalue weighted by Gasteiger charge is 2.12. The van der Waals surface area contributed by atoms with Crippen molar-refractivity contribution in [2.24, 2.45) is 7.05 Å². The van der Waals surface area contributed by atoms with Crippen molar-refractivity contribution in [3.05, 3.63) is 35.5 Å². The number of aromatic nitrogens is 1. The van der Waals surface area contributed by atoms with Crippen molar-refractivity contribution >= 4 is 16.9 Å². The second-order valence-corrected chi connectivity index (χ2v) is 3.79. The molecule has 0 aliphatic rings. The Hall–Kier alpha value is -1.81. The van der Waals surface area contributed by atoms with Gasteiger partial charge >= 0.3 is 5.97 Å². The Morgan fingerprint density at radius 1 is 1.38 bits per heavy atom. The molecule has 0 amide bonds. The van der Waals surface area contributed by atoms with E-state index in [-0.39, 0.29) is 13.0 Å². The number of aliphatic hydroxyl groups is 1. The van der Waals surface area contributed by atoms with Crippen LogP contribution in [0.15, 0.2) is 24.4 Å². The summed E-state index contributed by atoms with van der Waals surface area (Å²) in [5.41, 5.74) is 2.36. The van der Waals surface area contributed by atoms with Gasteiger partial charge in [-0.3, -0.25) is 4.79 Å². The molecule has 0 saturated carbocycles. The number of carbonyl (C=O) groups is 1. The first-order valence-corrected chi connectivity index (χ1v) is 5.02. The normalized spacial score (nSPS) is 10.9. The number of hydrogen-bond acceptors (Lipinski definition) is 2. The maximum absolute atomic E-state index is 10.8. The summed E-state index contributed by atoms with van der Waals surface area (Å²) in [5, 5.41) is 19.0. The van der Waals surface area contributed by atoms with E-state index < -0.39 is 5.97 Å². The van der Waals surface area contributed by atoms with Crippen LogP contribution in [0.1, 0.15) is 11.1 Å². The van der Waals surface area contributed by atoms with Gasteiger partial charge in [0.05, 0.1) is 13.0 Å². The fraction of sp³-hybridized carbons (Fsp3) is 0.250. The van der Waals surface area contributed by atoms with Crippen LogP contribution < -0.4 is 0 Å². The van der Waals surface area contributed by atoms with E-state index >= 15 is 0 Å². The molecule has 1 aromatic heterocycles. The molecule has 1 aromatic carbocycles. The van der Waals surface area contributed by atoms with Crippen LogP contribution in [0, 0.1) is 0 Å². The van der Waals surface area contributed by atoms with E-state index in [9.17, 15) is 9.90 Å². The van der Waals surface area contributed by atoms with Crippen LogP contribution in [0.2, 0.25) is 0 Å². The van der Waals surface area contributed by atoms with E-state index in [0.29, 0.717) is 11.1 Å². The average Bonchev–Trinajstić information content (AvgIpc) is 2.61. The van der Waals surface area contributed by atoms with Crippen LogP contribution in [0.25, 0.3) is 10.9 Å². The van der Waals surface area contributed by atoms with Crippen molar-refractivity contribution < 1.29 is 15.0 Å². The highest BCUT2D eigenvalue weighted by Crippen LogP contribution is 2.24. The summed E-state index contributed by atoms with van der Waals surface area (Å²) in [4.78, 5) is 10.8. The highest BCUT2D eigenvalue weighted by molar-refractivity contribution is 5.88. The van der Waals surface area contributed by atoms with Crippen molar-refractivity contribution in [2.75, 3.05) is 0 Å². The lowest BCUT2D eigenvalue weighted by atomic mass is 10.0. The first-order valence-electron chi connectivity index (χ1n) is 5.02. The molecule has 0 saturated heterocycles. The van der Waals surface area contributed by atoms with E-state index in [4.69, 9.17) is 5.11 Å². The summed E-state index contributed by atoms with van der Waals surface area (Å²) < 4.78 is 1.93. The van der Waals surface area contributed by atoms with Gasteiger partial charge in [0.1, 0.15) is 0 Å². The van der Waals surface area contributed by atoms with Gasteiger partial charge in [0.15, 0.2) is 0 Å². The standard InChI is InChI=1S/C12H13NO3/c1-13-5-4-9-10(6-12(15)16)8(7-14)2-3-11(9)13/h2-5,14H,6-7H2,1H3,(H,15,16). The van der Waals surface area contributed by atoms with Gasteiger partial charge < -0.3 is 14.8 Å². The number of nitrogens with zero attached hydrogens (tertiary/aromatic N) is 1. The summed E-state index contributed by atoms with van der Waals surface area (Å²) >= 11 is 0. The zero-order chi connectivity index (χ0) is 11.7. The summed E-state index contributed by atoms with van der Waals surface area (Å²) in [6.07, 6.45) is 1.83. The van der Waals surface area contributed by atoms with Crippen LogP contribution in [0.5, 0.6) is 0 Å². The minimum Gasteiger partial charge on any atom is -0.481 e. The van der Waals surface area contributed by atoms with E-state index in [1.807, 2.05) is 29.9 Å². The van der Waals surface area contributed by atoms with E-state index in [0.717, 1.165) is 10.9 Å². The number of aliphatic hydroxyl groups excluding tert-OH is 1. The Bertz CT molecular complexity index is 542. The Balaban J connectivity index is 2.68. The molecule has 84 valence electrons. The molecule has 4 heteroatoms. The van der Waals surface area contributed by atoms with Gasteiger partial charge in [-0.2, -0.15) is 0 Å². The number of aryl methyl sites for hydroxylation is 1. The van der Waals surface area contributed by atoms with Gasteiger partial charge in [0.2, 0.25) is 0 Å². The Labute approximate surface area is 92.7 Å². The first-order chi connectivity index (χ1) is 7.63. The molecule has 0 aliphatic carbocycles. The van der Waals surface area contributed by atoms with Crippen molar-refractivity contribution in [3.63, 3.8) is 0 Å². The van der Waals surface area contributed by atoms with E-state index in [1.54, 1.807) is 6.07 Å². The fourth-order valence-electron chi connectivity index (χ4n) is 1.97. The predicted molar refractivity (Wildman–Crippen MR) is 60.2 cm³/mol. The van der Waals surface area contributed by atoms with Crippen molar-refractivity contribution in [1.29, 1.82) is 0 Å². The highest BCUT2D eigenvalue weighted by atomic mass is 16.4. The van der Waals surface area contributed by atoms with Gasteiger partial charge in [0, 0.05) is 24.1 Å². The van der Waals surface area contributed by atoms with Crippen LogP contribution in [-0.4, -0.2) is 20.7 Å². The predicted octanol–water partition coefficient (Wildman–Crippen LogP) is 1.30. The minimum absolute atomic E-state index is 0.0583. The van der Waals surface area contributed by atoms with E-state index in [2.05, 4.69) is 0 Å². The number of benzene rings is 1. The third kappa shape index (κ3) is 1.67. The number of fused-ring (bicyclic) bond motifs is 1. The Morgan fingerprint density at radius 3 is 2.75 bits per heavy atom. The molecule has 0 radical (unpaired) electrons. The number of carboxylic acids is 1. The zero-order valence-corrected chi connectivity index (χ0v) is 8.97. The molecule has 2 N–H and O–H groups in total. The van der Waals surface area contributed by atoms with E-state index in [1.165, 1.54) is 0 Å². The summed E-state index contributed by atoms with van der Waals surface area (Å²) in [5.74, 6) is -0.883. The topological polar surface area (TPSA) is 62.5 Å². The molecule has 0 fully saturated rings. The second kappa shape index (κ2) is 3.98. The molecular weight excluding hydrogens is 206 g/mol. The van der Waals surface area contributed by atoms with Gasteiger partial charge in [-0.15, -0.1) is 0 Å². The maximum atomic E-state index is 10.8. The molecular formula is C12H13NO3. The van der Waals surface area contributed by atoms with Crippen LogP contribution in [0.4, 0.5) is 0 Å². The monoisotopic (exact) mass is 219 g/mol. The molecule has 2 rings (SSSR count). The molecule has 0 bridgehead atoms. The first kappa shape index (κ1) is 10.7. The zero-order valence-electron chi connectivity index (χ0n) is 8.97. The van der Waals surface area contributed by atoms with Crippen LogP contribution >= 0.6 is 0 Å². The number of aliphatic carboxylic acids is 1. The minimum atomic E-state index is -0.883. The molecule has 16 heavy (non-hydrogen) atoms. The molecule has 0 aliphatic heterocycles. The van der Waals surface area contributed by atoms with Gasteiger partial charge in [-0.1, -0.05) is 6.07 Å². The lowest BCUT2D eigenvalue weighted by Gasteiger charge is -2.07. The van der Waals surface area contributed by atoms with Gasteiger partial charge in [-0.25, -0.2) is 0 Å². The summed E-state index contributed by atoms with van der Waals surface area (Å²) in [6, 6.07) is 5.56. The lowest BCUT2D eigenvalue weighted by molar-refractivity contribution is -0.136. The number of hydrogen-bond donors (Lipinski definition) is 2. The van der Waals surface area contributed by atoms with Gasteiger partial charge in [-0.05, 0) is 23.3 Å². The quantitative estimate of drug-likeness (QED) is 0.817. The molecule has 1 heterocycles. The third-order valence-corrected chi connectivity index (χ3v) is 2.77. The molecule has 0 spiro atoms. The fourth-order valence-corrected chi connectivity index (χ4v) is 1.97. The van der Waals surface area contributed by atoms with Crippen molar-refractivity contribution in [1.82, 2.24) is 4.57 Å². The number of rotatable bonds is 3. The second-order valence-electron chi connectivity index (χ2n) is 3.79. The molecule has 0 unspecified atom stereocenters. The average molecular weight is 219 g/mol. The largest absolute Gasteiger partial charge is 0.481 e. The smallest absolute Gasteiger partial charge is 0.307 e.